The van der Waals surface area contributed by atoms with Crippen molar-refractivity contribution in [2.24, 2.45) is 11.3 Å². The molecule has 3 rings (SSSR count). The van der Waals surface area contributed by atoms with E-state index in [-0.39, 0.29) is 31.6 Å². The molecule has 0 bridgehead atoms. The Kier molecular flexibility index (Phi) is 5.28. The minimum absolute atomic E-state index is 0.0641. The number of nitrogens with zero attached hydrogens (tertiary/aromatic N) is 2. The lowest BCUT2D eigenvalue weighted by molar-refractivity contribution is -0.138. The fraction of sp³-hybridized carbons (Fsp3) is 0.611. The van der Waals surface area contributed by atoms with Crippen molar-refractivity contribution in [3.8, 4) is 5.75 Å². The molecular weight excluding hydrogens is 356 g/mol. The summed E-state index contributed by atoms with van der Waals surface area (Å²) in [5, 5.41) is 9.98. The Morgan fingerprint density at radius 1 is 1.38 bits per heavy atom. The standard InChI is InChI=1S/C18H26N2O5S/c1-14-4-3-5-16(8-14)25-10-17(22)19-7-6-15-9-20(26(2,23)24)12-18(15,11-19)13-21/h3-5,8,15,21H,6-7,9-13H2,1-2H3/t15-,18+/m1/s1. The van der Waals surface area contributed by atoms with Crippen LogP contribution in [0.25, 0.3) is 0 Å². The molecule has 1 aromatic rings. The maximum absolute atomic E-state index is 12.6. The normalized spacial score (nSPS) is 26.6. The van der Waals surface area contributed by atoms with Gasteiger partial charge >= 0.3 is 0 Å². The second-order valence-corrected chi connectivity index (χ2v) is 9.46. The summed E-state index contributed by atoms with van der Waals surface area (Å²) in [4.78, 5) is 14.3. The van der Waals surface area contributed by atoms with Crippen molar-refractivity contribution >= 4 is 15.9 Å². The molecule has 2 aliphatic heterocycles. The van der Waals surface area contributed by atoms with Crippen LogP contribution in [0.3, 0.4) is 0 Å². The summed E-state index contributed by atoms with van der Waals surface area (Å²) in [6, 6.07) is 7.51. The lowest BCUT2D eigenvalue weighted by Gasteiger charge is -2.43. The van der Waals surface area contributed by atoms with Gasteiger partial charge in [0.2, 0.25) is 10.0 Å². The molecule has 0 saturated carbocycles. The Bertz CT molecular complexity index is 782. The van der Waals surface area contributed by atoms with Crippen molar-refractivity contribution in [3.63, 3.8) is 0 Å². The van der Waals surface area contributed by atoms with Crippen molar-refractivity contribution < 1.29 is 23.1 Å². The van der Waals surface area contributed by atoms with Crippen LogP contribution < -0.4 is 4.74 Å². The van der Waals surface area contributed by atoms with Crippen LogP contribution >= 0.6 is 0 Å². The number of ether oxygens (including phenoxy) is 1. The average Bonchev–Trinajstić information content (AvgIpc) is 2.99. The molecule has 0 aliphatic carbocycles. The maximum Gasteiger partial charge on any atom is 0.260 e. The Hall–Kier alpha value is -1.64. The van der Waals surface area contributed by atoms with Gasteiger partial charge < -0.3 is 14.7 Å². The van der Waals surface area contributed by atoms with Crippen molar-refractivity contribution in [3.05, 3.63) is 29.8 Å². The van der Waals surface area contributed by atoms with E-state index in [1.807, 2.05) is 31.2 Å². The number of carbonyl (C=O) groups excluding carboxylic acids is 1. The van der Waals surface area contributed by atoms with Gasteiger partial charge in [-0.15, -0.1) is 0 Å². The fourth-order valence-electron chi connectivity index (χ4n) is 3.97. The van der Waals surface area contributed by atoms with Crippen LogP contribution in [0.4, 0.5) is 0 Å². The summed E-state index contributed by atoms with van der Waals surface area (Å²) < 4.78 is 30.8. The van der Waals surface area contributed by atoms with Crippen LogP contribution in [0.1, 0.15) is 12.0 Å². The second kappa shape index (κ2) is 7.17. The van der Waals surface area contributed by atoms with E-state index >= 15 is 0 Å². The Morgan fingerprint density at radius 2 is 2.15 bits per heavy atom. The number of benzene rings is 1. The lowest BCUT2D eigenvalue weighted by atomic mass is 9.74. The molecule has 1 aromatic carbocycles. The minimum atomic E-state index is -3.30. The van der Waals surface area contributed by atoms with Crippen LogP contribution in [0.5, 0.6) is 5.75 Å². The van der Waals surface area contributed by atoms with Gasteiger partial charge in [0.1, 0.15) is 5.75 Å². The van der Waals surface area contributed by atoms with E-state index in [0.717, 1.165) is 5.56 Å². The molecule has 0 unspecified atom stereocenters. The molecular formula is C18H26N2O5S. The van der Waals surface area contributed by atoms with Gasteiger partial charge in [-0.3, -0.25) is 4.79 Å². The quantitative estimate of drug-likeness (QED) is 0.800. The van der Waals surface area contributed by atoms with Gasteiger partial charge in [-0.25, -0.2) is 12.7 Å². The van der Waals surface area contributed by atoms with Gasteiger partial charge in [0.25, 0.3) is 5.91 Å². The van der Waals surface area contributed by atoms with E-state index < -0.39 is 15.4 Å². The molecule has 2 aliphatic rings. The number of likely N-dealkylation sites (tertiary alicyclic amines) is 1. The van der Waals surface area contributed by atoms with Gasteiger partial charge in [-0.05, 0) is 37.0 Å². The molecule has 0 radical (unpaired) electrons. The molecule has 1 N–H and O–H groups in total. The van der Waals surface area contributed by atoms with Crippen LogP contribution in [0.15, 0.2) is 24.3 Å². The zero-order valence-corrected chi connectivity index (χ0v) is 16.0. The Balaban J connectivity index is 1.65. The zero-order chi connectivity index (χ0) is 18.9. The number of aliphatic hydroxyl groups excluding tert-OH is 1. The highest BCUT2D eigenvalue weighted by Crippen LogP contribution is 2.42. The smallest absolute Gasteiger partial charge is 0.260 e. The molecule has 0 spiro atoms. The molecule has 2 atom stereocenters. The average molecular weight is 382 g/mol. The van der Waals surface area contributed by atoms with E-state index in [4.69, 9.17) is 4.74 Å². The monoisotopic (exact) mass is 382 g/mol. The third-order valence-corrected chi connectivity index (χ3v) is 6.74. The summed E-state index contributed by atoms with van der Waals surface area (Å²) in [7, 11) is -3.30. The van der Waals surface area contributed by atoms with Gasteiger partial charge in [0.05, 0.1) is 12.9 Å². The van der Waals surface area contributed by atoms with Gasteiger partial charge in [0.15, 0.2) is 6.61 Å². The topological polar surface area (TPSA) is 87.2 Å². The molecule has 2 saturated heterocycles. The van der Waals surface area contributed by atoms with E-state index in [2.05, 4.69) is 0 Å². The van der Waals surface area contributed by atoms with E-state index in [0.29, 0.717) is 31.8 Å². The zero-order valence-electron chi connectivity index (χ0n) is 15.2. The van der Waals surface area contributed by atoms with E-state index in [9.17, 15) is 18.3 Å². The third-order valence-electron chi connectivity index (χ3n) is 5.52. The van der Waals surface area contributed by atoms with Gasteiger partial charge in [-0.1, -0.05) is 12.1 Å². The highest BCUT2D eigenvalue weighted by Gasteiger charge is 2.52. The number of carbonyl (C=O) groups is 1. The number of aryl methyl sites for hydroxylation is 1. The molecule has 0 aromatic heterocycles. The summed E-state index contributed by atoms with van der Waals surface area (Å²) in [6.45, 7) is 3.35. The van der Waals surface area contributed by atoms with Gasteiger partial charge in [0, 0.05) is 31.6 Å². The number of hydrogen-bond acceptors (Lipinski definition) is 5. The number of rotatable bonds is 5. The van der Waals surface area contributed by atoms with Crippen molar-refractivity contribution in [2.45, 2.75) is 13.3 Å². The minimum Gasteiger partial charge on any atom is -0.484 e. The number of amides is 1. The molecule has 8 heteroatoms. The molecule has 7 nitrogen and oxygen atoms in total. The molecule has 2 fully saturated rings. The molecule has 26 heavy (non-hydrogen) atoms. The first kappa shape index (κ1) is 19.1. The summed E-state index contributed by atoms with van der Waals surface area (Å²) >= 11 is 0. The molecule has 1 amide bonds. The van der Waals surface area contributed by atoms with Crippen LogP contribution in [0.2, 0.25) is 0 Å². The second-order valence-electron chi connectivity index (χ2n) is 7.48. The molecule has 2 heterocycles. The number of sulfonamides is 1. The van der Waals surface area contributed by atoms with Crippen molar-refractivity contribution in [2.75, 3.05) is 45.6 Å². The van der Waals surface area contributed by atoms with Crippen LogP contribution in [-0.4, -0.2) is 74.3 Å². The summed E-state index contributed by atoms with van der Waals surface area (Å²) in [5.41, 5.74) is 0.474. The first-order valence-corrected chi connectivity index (χ1v) is 10.6. The number of piperidine rings is 1. The Labute approximate surface area is 154 Å². The van der Waals surface area contributed by atoms with E-state index in [1.165, 1.54) is 10.6 Å². The first-order chi connectivity index (χ1) is 12.2. The molecule has 144 valence electrons. The Morgan fingerprint density at radius 3 is 2.81 bits per heavy atom. The largest absolute Gasteiger partial charge is 0.484 e. The number of fused-ring (bicyclic) bond motifs is 1. The van der Waals surface area contributed by atoms with Crippen LogP contribution in [0, 0.1) is 18.3 Å². The predicted molar refractivity (Wildman–Crippen MR) is 97.3 cm³/mol. The fourth-order valence-corrected chi connectivity index (χ4v) is 4.91. The number of aliphatic hydroxyl groups is 1. The lowest BCUT2D eigenvalue weighted by Crippen LogP contribution is -2.53. The maximum atomic E-state index is 12.6. The SMILES string of the molecule is Cc1cccc(OCC(=O)N2CC[C@@H]3CN(S(C)(=O)=O)C[C@]3(CO)C2)c1. The summed E-state index contributed by atoms with van der Waals surface area (Å²) in [5.74, 6) is 0.578. The van der Waals surface area contributed by atoms with E-state index in [1.54, 1.807) is 4.90 Å². The third kappa shape index (κ3) is 3.87. The predicted octanol–water partition coefficient (Wildman–Crippen LogP) is 0.476. The highest BCUT2D eigenvalue weighted by molar-refractivity contribution is 7.88. The summed E-state index contributed by atoms with van der Waals surface area (Å²) in [6.07, 6.45) is 1.87. The highest BCUT2D eigenvalue weighted by atomic mass is 32.2. The van der Waals surface area contributed by atoms with Crippen molar-refractivity contribution in [1.29, 1.82) is 0 Å². The van der Waals surface area contributed by atoms with Crippen LogP contribution in [-0.2, 0) is 14.8 Å². The van der Waals surface area contributed by atoms with Gasteiger partial charge in [-0.2, -0.15) is 0 Å². The first-order valence-electron chi connectivity index (χ1n) is 8.77. The van der Waals surface area contributed by atoms with Crippen molar-refractivity contribution in [1.82, 2.24) is 9.21 Å². The number of hydrogen-bond donors (Lipinski definition) is 1.